The third-order valence-electron chi connectivity index (χ3n) is 3.58. The van der Waals surface area contributed by atoms with Crippen LogP contribution in [0.5, 0.6) is 0 Å². The van der Waals surface area contributed by atoms with Gasteiger partial charge < -0.3 is 9.31 Å². The minimum Gasteiger partial charge on any atom is -0.400 e. The molecule has 0 amide bonds. The molecule has 0 unspecified atom stereocenters. The van der Waals surface area contributed by atoms with Crippen LogP contribution in [0, 0.1) is 5.82 Å². The van der Waals surface area contributed by atoms with Crippen LogP contribution in [0.3, 0.4) is 0 Å². The summed E-state index contributed by atoms with van der Waals surface area (Å²) >= 11 is 5.62. The van der Waals surface area contributed by atoms with Crippen LogP contribution in [0.15, 0.2) is 18.2 Å². The van der Waals surface area contributed by atoms with Crippen LogP contribution in [0.1, 0.15) is 33.3 Å². The van der Waals surface area contributed by atoms with Crippen LogP contribution < -0.4 is 0 Å². The van der Waals surface area contributed by atoms with Crippen LogP contribution in [-0.4, -0.2) is 23.3 Å². The highest BCUT2D eigenvalue weighted by Crippen LogP contribution is 2.37. The standard InChI is InChI=1S/C13H16BClFNO2/c1-12(2)13(3,4)19-14(18-12)7-5-9-6-8-17-11(15)10(9)16/h5-8H,1-4H3/b7-5+. The van der Waals surface area contributed by atoms with E-state index in [0.717, 1.165) is 0 Å². The lowest BCUT2D eigenvalue weighted by Crippen LogP contribution is -2.41. The summed E-state index contributed by atoms with van der Waals surface area (Å²) in [5.74, 6) is 1.13. The zero-order valence-corrected chi connectivity index (χ0v) is 12.2. The van der Waals surface area contributed by atoms with Gasteiger partial charge in [0.05, 0.1) is 11.2 Å². The number of nitrogens with zero attached hydrogens (tertiary/aromatic N) is 1. The van der Waals surface area contributed by atoms with Crippen LogP contribution in [0.2, 0.25) is 5.15 Å². The topological polar surface area (TPSA) is 31.4 Å². The average Bonchev–Trinajstić information content (AvgIpc) is 2.50. The molecule has 0 radical (unpaired) electrons. The second kappa shape index (κ2) is 4.89. The molecular formula is C13H16BClFNO2. The molecule has 0 aromatic carbocycles. The lowest BCUT2D eigenvalue weighted by atomic mass is 9.89. The summed E-state index contributed by atoms with van der Waals surface area (Å²) in [6, 6.07) is 1.54. The molecule has 102 valence electrons. The molecule has 1 saturated heterocycles. The Morgan fingerprint density at radius 2 is 1.84 bits per heavy atom. The van der Waals surface area contributed by atoms with Crippen molar-refractivity contribution < 1.29 is 13.7 Å². The van der Waals surface area contributed by atoms with Crippen molar-refractivity contribution in [2.45, 2.75) is 38.9 Å². The summed E-state index contributed by atoms with van der Waals surface area (Å²) in [7, 11) is -0.503. The van der Waals surface area contributed by atoms with Crippen LogP contribution in [-0.2, 0) is 9.31 Å². The maximum absolute atomic E-state index is 13.7. The van der Waals surface area contributed by atoms with Crippen molar-refractivity contribution in [2.75, 3.05) is 0 Å². The van der Waals surface area contributed by atoms with Gasteiger partial charge in [0.1, 0.15) is 0 Å². The van der Waals surface area contributed by atoms with Gasteiger partial charge in [-0.3, -0.25) is 0 Å². The molecule has 0 saturated carbocycles. The van der Waals surface area contributed by atoms with Gasteiger partial charge in [-0.1, -0.05) is 23.7 Å². The van der Waals surface area contributed by atoms with Crippen molar-refractivity contribution in [3.63, 3.8) is 0 Å². The van der Waals surface area contributed by atoms with Gasteiger partial charge in [0, 0.05) is 11.8 Å². The second-order valence-electron chi connectivity index (χ2n) is 5.49. The summed E-state index contributed by atoms with van der Waals surface area (Å²) in [6.45, 7) is 7.85. The van der Waals surface area contributed by atoms with Gasteiger partial charge in [-0.2, -0.15) is 0 Å². The number of hydrogen-bond acceptors (Lipinski definition) is 3. The minimum atomic E-state index is -0.545. The highest BCUT2D eigenvalue weighted by molar-refractivity contribution is 6.52. The van der Waals surface area contributed by atoms with Crippen molar-refractivity contribution in [1.82, 2.24) is 4.98 Å². The molecule has 1 aromatic heterocycles. The predicted octanol–water partition coefficient (Wildman–Crippen LogP) is 3.52. The first-order valence-electron chi connectivity index (χ1n) is 6.07. The van der Waals surface area contributed by atoms with Gasteiger partial charge in [-0.15, -0.1) is 0 Å². The number of aromatic nitrogens is 1. The largest absolute Gasteiger partial charge is 0.487 e. The van der Waals surface area contributed by atoms with E-state index in [1.54, 1.807) is 18.1 Å². The molecule has 1 aliphatic rings. The molecule has 3 nitrogen and oxygen atoms in total. The highest BCUT2D eigenvalue weighted by Gasteiger charge is 2.49. The molecular weight excluding hydrogens is 267 g/mol. The zero-order valence-electron chi connectivity index (χ0n) is 11.4. The summed E-state index contributed by atoms with van der Waals surface area (Å²) < 4.78 is 25.2. The Morgan fingerprint density at radius 3 is 2.42 bits per heavy atom. The van der Waals surface area contributed by atoms with Gasteiger partial charge in [0.2, 0.25) is 0 Å². The van der Waals surface area contributed by atoms with E-state index in [1.165, 1.54) is 6.20 Å². The Bertz CT molecular complexity index is 503. The van der Waals surface area contributed by atoms with Gasteiger partial charge in [0.25, 0.3) is 0 Å². The van der Waals surface area contributed by atoms with E-state index in [0.29, 0.717) is 5.56 Å². The summed E-state index contributed by atoms with van der Waals surface area (Å²) in [5, 5.41) is -0.143. The second-order valence-corrected chi connectivity index (χ2v) is 5.85. The van der Waals surface area contributed by atoms with E-state index in [9.17, 15) is 4.39 Å². The van der Waals surface area contributed by atoms with Gasteiger partial charge >= 0.3 is 7.12 Å². The first-order valence-corrected chi connectivity index (χ1v) is 6.44. The van der Waals surface area contributed by atoms with Gasteiger partial charge in [0.15, 0.2) is 11.0 Å². The highest BCUT2D eigenvalue weighted by atomic mass is 35.5. The third-order valence-corrected chi connectivity index (χ3v) is 3.84. The maximum atomic E-state index is 13.7. The molecule has 0 atom stereocenters. The molecule has 6 heteroatoms. The Kier molecular flexibility index (Phi) is 3.73. The lowest BCUT2D eigenvalue weighted by molar-refractivity contribution is 0.00578. The summed E-state index contributed by atoms with van der Waals surface area (Å²) in [5.41, 5.74) is -0.456. The van der Waals surface area contributed by atoms with Crippen molar-refractivity contribution in [2.24, 2.45) is 0 Å². The van der Waals surface area contributed by atoms with Crippen molar-refractivity contribution in [3.05, 3.63) is 34.8 Å². The quantitative estimate of drug-likeness (QED) is 0.615. The van der Waals surface area contributed by atoms with Crippen molar-refractivity contribution in [3.8, 4) is 0 Å². The number of halogens is 2. The number of hydrogen-bond donors (Lipinski definition) is 0. The van der Waals surface area contributed by atoms with Crippen molar-refractivity contribution in [1.29, 1.82) is 0 Å². The molecule has 19 heavy (non-hydrogen) atoms. The van der Waals surface area contributed by atoms with E-state index >= 15 is 0 Å². The third kappa shape index (κ3) is 2.83. The molecule has 2 rings (SSSR count). The Labute approximate surface area is 117 Å². The van der Waals surface area contributed by atoms with Gasteiger partial charge in [-0.05, 0) is 33.8 Å². The molecule has 0 spiro atoms. The fourth-order valence-electron chi connectivity index (χ4n) is 1.71. The normalized spacial score (nSPS) is 21.3. The van der Waals surface area contributed by atoms with E-state index < -0.39 is 24.1 Å². The Balaban J connectivity index is 2.15. The minimum absolute atomic E-state index is 0.143. The van der Waals surface area contributed by atoms with E-state index in [-0.39, 0.29) is 5.15 Å². The first-order chi connectivity index (χ1) is 8.73. The van der Waals surface area contributed by atoms with E-state index in [4.69, 9.17) is 20.9 Å². The fourth-order valence-corrected chi connectivity index (χ4v) is 1.88. The molecule has 1 aliphatic heterocycles. The first kappa shape index (κ1) is 14.5. The average molecular weight is 284 g/mol. The molecule has 1 aromatic rings. The summed E-state index contributed by atoms with van der Waals surface area (Å²) in [4.78, 5) is 3.66. The smallest absolute Gasteiger partial charge is 0.400 e. The molecule has 0 aliphatic carbocycles. The fraction of sp³-hybridized carbons (Fsp3) is 0.462. The lowest BCUT2D eigenvalue weighted by Gasteiger charge is -2.32. The van der Waals surface area contributed by atoms with Crippen LogP contribution >= 0.6 is 11.6 Å². The molecule has 0 N–H and O–H groups in total. The number of rotatable bonds is 2. The van der Waals surface area contributed by atoms with E-state index in [2.05, 4.69) is 4.98 Å². The Morgan fingerprint density at radius 1 is 1.26 bits per heavy atom. The predicted molar refractivity (Wildman–Crippen MR) is 74.3 cm³/mol. The van der Waals surface area contributed by atoms with Gasteiger partial charge in [-0.25, -0.2) is 9.37 Å². The maximum Gasteiger partial charge on any atom is 0.487 e. The molecule has 0 bridgehead atoms. The Hall–Kier alpha value is -0.905. The molecule has 1 fully saturated rings. The number of pyridine rings is 1. The zero-order chi connectivity index (χ0) is 14.3. The monoisotopic (exact) mass is 283 g/mol. The van der Waals surface area contributed by atoms with E-state index in [1.807, 2.05) is 27.7 Å². The summed E-state index contributed by atoms with van der Waals surface area (Å²) in [6.07, 6.45) is 3.04. The SMILES string of the molecule is CC1(C)OB(/C=C/c2ccnc(Cl)c2F)OC1(C)C. The van der Waals surface area contributed by atoms with Crippen molar-refractivity contribution >= 4 is 24.8 Å². The molecule has 2 heterocycles. The van der Waals surface area contributed by atoms with Crippen LogP contribution in [0.4, 0.5) is 4.39 Å². The van der Waals surface area contributed by atoms with Crippen LogP contribution in [0.25, 0.3) is 6.08 Å².